The molecule has 0 heterocycles. The Morgan fingerprint density at radius 1 is 1.39 bits per heavy atom. The van der Waals surface area contributed by atoms with Gasteiger partial charge in [-0.1, -0.05) is 0 Å². The first-order valence-corrected chi connectivity index (χ1v) is 6.10. The summed E-state index contributed by atoms with van der Waals surface area (Å²) in [7, 11) is 3.11. The van der Waals surface area contributed by atoms with Gasteiger partial charge in [0.2, 0.25) is 5.91 Å². The number of carboxylic acid groups (broad SMARTS) is 1. The van der Waals surface area contributed by atoms with Crippen molar-refractivity contribution in [2.45, 2.75) is 25.4 Å². The summed E-state index contributed by atoms with van der Waals surface area (Å²) in [5, 5.41) is 18.4. The number of nitrogens with zero attached hydrogens (tertiary/aromatic N) is 1. The minimum atomic E-state index is -0.827. The fourth-order valence-corrected chi connectivity index (χ4v) is 2.39. The maximum Gasteiger partial charge on any atom is 0.306 e. The highest BCUT2D eigenvalue weighted by atomic mass is 16.5. The number of likely N-dealkylation sites (N-methyl/N-ethyl adjacent to an activating group) is 1. The number of hydrogen-bond acceptors (Lipinski definition) is 4. The Morgan fingerprint density at radius 2 is 2.00 bits per heavy atom. The molecule has 3 atom stereocenters. The Labute approximate surface area is 107 Å². The van der Waals surface area contributed by atoms with Crippen LogP contribution in [0.25, 0.3) is 0 Å². The molecule has 6 nitrogen and oxygen atoms in total. The van der Waals surface area contributed by atoms with E-state index in [9.17, 15) is 14.7 Å². The molecule has 0 saturated heterocycles. The second-order valence-corrected chi connectivity index (χ2v) is 4.87. The van der Waals surface area contributed by atoms with Crippen LogP contribution in [-0.4, -0.2) is 60.4 Å². The number of hydrogen-bond donors (Lipinski definition) is 2. The number of carbonyl (C=O) groups is 2. The second-order valence-electron chi connectivity index (χ2n) is 4.87. The average Bonchev–Trinajstić information content (AvgIpc) is 2.77. The zero-order valence-corrected chi connectivity index (χ0v) is 10.8. The van der Waals surface area contributed by atoms with E-state index in [1.54, 1.807) is 7.05 Å². The summed E-state index contributed by atoms with van der Waals surface area (Å²) in [6, 6.07) is 0. The molecule has 1 amide bonds. The molecule has 1 saturated carbocycles. The van der Waals surface area contributed by atoms with Crippen molar-refractivity contribution < 1.29 is 24.5 Å². The highest BCUT2D eigenvalue weighted by Gasteiger charge is 2.35. The van der Waals surface area contributed by atoms with Crippen molar-refractivity contribution in [1.82, 2.24) is 4.90 Å². The fraction of sp³-hybridized carbons (Fsp3) is 0.833. The molecular formula is C12H21NO5. The van der Waals surface area contributed by atoms with Crippen LogP contribution < -0.4 is 0 Å². The van der Waals surface area contributed by atoms with Crippen molar-refractivity contribution in [1.29, 1.82) is 0 Å². The van der Waals surface area contributed by atoms with E-state index in [1.807, 2.05) is 0 Å². The first-order chi connectivity index (χ1) is 8.45. The Hall–Kier alpha value is -1.14. The molecule has 0 aromatic carbocycles. The third-order valence-corrected chi connectivity index (χ3v) is 3.35. The molecular weight excluding hydrogens is 238 g/mol. The molecule has 104 valence electrons. The summed E-state index contributed by atoms with van der Waals surface area (Å²) in [5.74, 6) is -1.55. The number of aliphatic carboxylic acids is 1. The van der Waals surface area contributed by atoms with Gasteiger partial charge in [-0.05, 0) is 19.3 Å². The van der Waals surface area contributed by atoms with E-state index in [-0.39, 0.29) is 25.0 Å². The molecule has 2 N–H and O–H groups in total. The molecule has 0 aromatic heterocycles. The number of aliphatic hydroxyl groups excluding tert-OH is 1. The Bertz CT molecular complexity index is 307. The molecule has 1 fully saturated rings. The molecule has 3 unspecified atom stereocenters. The van der Waals surface area contributed by atoms with E-state index in [0.717, 1.165) is 0 Å². The van der Waals surface area contributed by atoms with E-state index in [1.165, 1.54) is 12.0 Å². The van der Waals surface area contributed by atoms with Gasteiger partial charge in [-0.3, -0.25) is 9.59 Å². The van der Waals surface area contributed by atoms with Gasteiger partial charge in [-0.15, -0.1) is 0 Å². The first-order valence-electron chi connectivity index (χ1n) is 6.10. The van der Waals surface area contributed by atoms with Crippen LogP contribution in [0.15, 0.2) is 0 Å². The lowest BCUT2D eigenvalue weighted by Gasteiger charge is -2.23. The lowest BCUT2D eigenvalue weighted by molar-refractivity contribution is -0.141. The maximum atomic E-state index is 12.0. The van der Waals surface area contributed by atoms with E-state index < -0.39 is 18.0 Å². The largest absolute Gasteiger partial charge is 0.481 e. The molecule has 0 aromatic rings. The summed E-state index contributed by atoms with van der Waals surface area (Å²) in [4.78, 5) is 24.3. The van der Waals surface area contributed by atoms with Crippen LogP contribution in [0, 0.1) is 11.8 Å². The quantitative estimate of drug-likeness (QED) is 0.698. The van der Waals surface area contributed by atoms with Crippen molar-refractivity contribution >= 4 is 11.9 Å². The predicted octanol–water partition coefficient (Wildman–Crippen LogP) is -0.0470. The van der Waals surface area contributed by atoms with Crippen molar-refractivity contribution in [3.63, 3.8) is 0 Å². The van der Waals surface area contributed by atoms with Gasteiger partial charge in [0, 0.05) is 26.6 Å². The lowest BCUT2D eigenvalue weighted by atomic mass is 10.0. The number of methoxy groups -OCH3 is 1. The Morgan fingerprint density at radius 3 is 2.50 bits per heavy atom. The van der Waals surface area contributed by atoms with Gasteiger partial charge in [-0.25, -0.2) is 0 Å². The second kappa shape index (κ2) is 6.70. The Kier molecular flexibility index (Phi) is 5.55. The van der Waals surface area contributed by atoms with E-state index in [4.69, 9.17) is 9.84 Å². The number of carboxylic acids is 1. The molecule has 1 aliphatic carbocycles. The number of aliphatic hydroxyl groups is 1. The van der Waals surface area contributed by atoms with Crippen LogP contribution in [0.4, 0.5) is 0 Å². The lowest BCUT2D eigenvalue weighted by Crippen LogP contribution is -2.39. The summed E-state index contributed by atoms with van der Waals surface area (Å²) in [6.07, 6.45) is 0.861. The van der Waals surface area contributed by atoms with Crippen molar-refractivity contribution in [2.24, 2.45) is 11.8 Å². The number of carbonyl (C=O) groups excluding carboxylic acids is 1. The normalized spacial score (nSPS) is 24.8. The Balaban J connectivity index is 2.42. The smallest absolute Gasteiger partial charge is 0.306 e. The molecule has 0 radical (unpaired) electrons. The number of amides is 1. The summed E-state index contributed by atoms with van der Waals surface area (Å²) >= 11 is 0. The monoisotopic (exact) mass is 259 g/mol. The number of rotatable bonds is 6. The highest BCUT2D eigenvalue weighted by molar-refractivity contribution is 5.80. The van der Waals surface area contributed by atoms with Crippen LogP contribution >= 0.6 is 0 Å². The average molecular weight is 259 g/mol. The van der Waals surface area contributed by atoms with Gasteiger partial charge in [0.25, 0.3) is 0 Å². The number of ether oxygens (including phenoxy) is 1. The van der Waals surface area contributed by atoms with Crippen LogP contribution in [0.5, 0.6) is 0 Å². The first kappa shape index (κ1) is 14.9. The molecule has 1 rings (SSSR count). The predicted molar refractivity (Wildman–Crippen MR) is 64.0 cm³/mol. The third kappa shape index (κ3) is 3.96. The van der Waals surface area contributed by atoms with Gasteiger partial charge >= 0.3 is 5.97 Å². The molecule has 0 bridgehead atoms. The van der Waals surface area contributed by atoms with E-state index in [0.29, 0.717) is 19.3 Å². The SMILES string of the molecule is COCC(O)CN(C)C(=O)C1CCC(C(=O)O)C1. The zero-order valence-electron chi connectivity index (χ0n) is 10.8. The molecule has 1 aliphatic rings. The van der Waals surface area contributed by atoms with Gasteiger partial charge < -0.3 is 19.8 Å². The highest BCUT2D eigenvalue weighted by Crippen LogP contribution is 2.32. The molecule has 6 heteroatoms. The molecule has 18 heavy (non-hydrogen) atoms. The topological polar surface area (TPSA) is 87.1 Å². The standard InChI is InChI=1S/C12H21NO5/c1-13(6-10(14)7-18-2)11(15)8-3-4-9(5-8)12(16)17/h8-10,14H,3-7H2,1-2H3,(H,16,17). The van der Waals surface area contributed by atoms with Gasteiger partial charge in [0.05, 0.1) is 18.6 Å². The zero-order chi connectivity index (χ0) is 13.7. The van der Waals surface area contributed by atoms with Crippen LogP contribution in [0.2, 0.25) is 0 Å². The minimum absolute atomic E-state index is 0.0890. The van der Waals surface area contributed by atoms with Crippen LogP contribution in [0.3, 0.4) is 0 Å². The summed E-state index contributed by atoms with van der Waals surface area (Å²) in [6.45, 7) is 0.390. The van der Waals surface area contributed by atoms with E-state index >= 15 is 0 Å². The van der Waals surface area contributed by atoms with Crippen LogP contribution in [-0.2, 0) is 14.3 Å². The van der Waals surface area contributed by atoms with Gasteiger partial charge in [0.1, 0.15) is 0 Å². The van der Waals surface area contributed by atoms with Crippen molar-refractivity contribution in [2.75, 3.05) is 27.3 Å². The van der Waals surface area contributed by atoms with Gasteiger partial charge in [0.15, 0.2) is 0 Å². The van der Waals surface area contributed by atoms with E-state index in [2.05, 4.69) is 0 Å². The fourth-order valence-electron chi connectivity index (χ4n) is 2.39. The van der Waals surface area contributed by atoms with Gasteiger partial charge in [-0.2, -0.15) is 0 Å². The van der Waals surface area contributed by atoms with Crippen molar-refractivity contribution in [3.8, 4) is 0 Å². The van der Waals surface area contributed by atoms with Crippen LogP contribution in [0.1, 0.15) is 19.3 Å². The summed E-state index contributed by atoms with van der Waals surface area (Å²) in [5.41, 5.74) is 0. The van der Waals surface area contributed by atoms with Crippen molar-refractivity contribution in [3.05, 3.63) is 0 Å². The minimum Gasteiger partial charge on any atom is -0.481 e. The summed E-state index contributed by atoms with van der Waals surface area (Å²) < 4.78 is 4.79. The third-order valence-electron chi connectivity index (χ3n) is 3.35. The maximum absolute atomic E-state index is 12.0. The molecule has 0 spiro atoms. The molecule has 0 aliphatic heterocycles.